The first kappa shape index (κ1) is 13.6. The molecule has 3 heteroatoms. The fourth-order valence-corrected chi connectivity index (χ4v) is 5.68. The molecule has 0 atom stereocenters. The van der Waals surface area contributed by atoms with E-state index in [-0.39, 0.29) is 11.6 Å². The maximum absolute atomic E-state index is 13.7. The summed E-state index contributed by atoms with van der Waals surface area (Å²) in [7, 11) is 0. The number of phenols is 1. The molecule has 5 rings (SSSR count). The average molecular weight is 289 g/mol. The van der Waals surface area contributed by atoms with Gasteiger partial charge in [-0.3, -0.25) is 0 Å². The summed E-state index contributed by atoms with van der Waals surface area (Å²) in [6, 6.07) is 4.53. The SMILES string of the molecule is Oc1cccc(F)c1CNCC12CC3CC(CC(C3)C1)C2. The maximum atomic E-state index is 13.7. The highest BCUT2D eigenvalue weighted by Gasteiger charge is 2.50. The van der Waals surface area contributed by atoms with E-state index in [1.807, 2.05) is 0 Å². The van der Waals surface area contributed by atoms with E-state index in [1.165, 1.54) is 44.6 Å². The first-order valence-electron chi connectivity index (χ1n) is 8.31. The minimum Gasteiger partial charge on any atom is -0.508 e. The van der Waals surface area contributed by atoms with Crippen LogP contribution in [0.2, 0.25) is 0 Å². The normalized spacial score (nSPS) is 37.1. The van der Waals surface area contributed by atoms with Crippen molar-refractivity contribution >= 4 is 0 Å². The molecule has 1 aromatic carbocycles. The zero-order valence-corrected chi connectivity index (χ0v) is 12.4. The second-order valence-electron chi connectivity index (χ2n) is 7.76. The lowest BCUT2D eigenvalue weighted by atomic mass is 9.49. The Hall–Kier alpha value is -1.09. The van der Waals surface area contributed by atoms with E-state index in [1.54, 1.807) is 12.1 Å². The number of halogens is 1. The van der Waals surface area contributed by atoms with Crippen molar-refractivity contribution in [3.8, 4) is 5.75 Å². The molecule has 4 bridgehead atoms. The Kier molecular flexibility index (Phi) is 3.21. The molecule has 114 valence electrons. The minimum atomic E-state index is -0.312. The van der Waals surface area contributed by atoms with E-state index in [2.05, 4.69) is 5.32 Å². The van der Waals surface area contributed by atoms with Crippen LogP contribution in [0.5, 0.6) is 5.75 Å². The number of aromatic hydroxyl groups is 1. The van der Waals surface area contributed by atoms with Gasteiger partial charge in [-0.1, -0.05) is 6.07 Å². The van der Waals surface area contributed by atoms with Crippen LogP contribution in [0.4, 0.5) is 4.39 Å². The van der Waals surface area contributed by atoms with Crippen LogP contribution in [0.15, 0.2) is 18.2 Å². The Labute approximate surface area is 125 Å². The highest BCUT2D eigenvalue weighted by molar-refractivity contribution is 5.33. The highest BCUT2D eigenvalue weighted by Crippen LogP contribution is 2.59. The van der Waals surface area contributed by atoms with Crippen molar-refractivity contribution in [1.82, 2.24) is 5.32 Å². The topological polar surface area (TPSA) is 32.3 Å². The number of phenolic OH excluding ortho intramolecular Hbond substituents is 1. The van der Waals surface area contributed by atoms with Crippen molar-refractivity contribution in [2.24, 2.45) is 23.2 Å². The molecule has 0 amide bonds. The first-order valence-corrected chi connectivity index (χ1v) is 8.31. The molecule has 4 aliphatic rings. The third-order valence-electron chi connectivity index (χ3n) is 6.06. The minimum absolute atomic E-state index is 0.0630. The van der Waals surface area contributed by atoms with Gasteiger partial charge < -0.3 is 10.4 Å². The standard InChI is InChI=1S/C18H24FNO/c19-16-2-1-3-17(21)15(16)10-20-11-18-7-12-4-13(8-18)6-14(5-12)9-18/h1-3,12-14,20-21H,4-11H2. The summed E-state index contributed by atoms with van der Waals surface area (Å²) >= 11 is 0. The van der Waals surface area contributed by atoms with Crippen LogP contribution >= 0.6 is 0 Å². The van der Waals surface area contributed by atoms with E-state index in [4.69, 9.17) is 0 Å². The quantitative estimate of drug-likeness (QED) is 0.882. The smallest absolute Gasteiger partial charge is 0.131 e. The summed E-state index contributed by atoms with van der Waals surface area (Å²) in [4.78, 5) is 0. The van der Waals surface area contributed by atoms with Gasteiger partial charge in [0.05, 0.1) is 0 Å². The summed E-state index contributed by atoms with van der Waals surface area (Å²) in [5, 5.41) is 13.2. The third-order valence-corrected chi connectivity index (χ3v) is 6.06. The highest BCUT2D eigenvalue weighted by atomic mass is 19.1. The van der Waals surface area contributed by atoms with Crippen molar-refractivity contribution in [2.45, 2.75) is 45.1 Å². The Bertz CT molecular complexity index is 486. The number of hydrogen-bond donors (Lipinski definition) is 2. The molecule has 0 aromatic heterocycles. The molecule has 0 radical (unpaired) electrons. The van der Waals surface area contributed by atoms with Gasteiger partial charge in [0.15, 0.2) is 0 Å². The Morgan fingerprint density at radius 1 is 1.10 bits per heavy atom. The van der Waals surface area contributed by atoms with E-state index in [0.717, 1.165) is 24.3 Å². The van der Waals surface area contributed by atoms with Crippen molar-refractivity contribution in [1.29, 1.82) is 0 Å². The zero-order chi connectivity index (χ0) is 14.4. The van der Waals surface area contributed by atoms with Gasteiger partial charge in [-0.05, 0) is 73.8 Å². The van der Waals surface area contributed by atoms with Crippen LogP contribution in [0.3, 0.4) is 0 Å². The van der Waals surface area contributed by atoms with Gasteiger partial charge in [-0.25, -0.2) is 4.39 Å². The first-order chi connectivity index (χ1) is 10.1. The predicted molar refractivity (Wildman–Crippen MR) is 80.4 cm³/mol. The van der Waals surface area contributed by atoms with Gasteiger partial charge in [0, 0.05) is 18.7 Å². The molecule has 0 unspecified atom stereocenters. The predicted octanol–water partition coefficient (Wildman–Crippen LogP) is 3.84. The van der Waals surface area contributed by atoms with Crippen molar-refractivity contribution in [3.63, 3.8) is 0 Å². The fraction of sp³-hybridized carbons (Fsp3) is 0.667. The summed E-state index contributed by atoms with van der Waals surface area (Å²) in [5.74, 6) is 2.58. The summed E-state index contributed by atoms with van der Waals surface area (Å²) in [6.07, 6.45) is 8.42. The lowest BCUT2D eigenvalue weighted by molar-refractivity contribution is -0.0514. The van der Waals surface area contributed by atoms with E-state index in [0.29, 0.717) is 17.5 Å². The van der Waals surface area contributed by atoms with E-state index >= 15 is 0 Å². The van der Waals surface area contributed by atoms with Gasteiger partial charge in [0.1, 0.15) is 11.6 Å². The van der Waals surface area contributed by atoms with Crippen LogP contribution < -0.4 is 5.32 Å². The van der Waals surface area contributed by atoms with Gasteiger partial charge in [-0.2, -0.15) is 0 Å². The van der Waals surface area contributed by atoms with E-state index in [9.17, 15) is 9.50 Å². The van der Waals surface area contributed by atoms with Gasteiger partial charge in [0.25, 0.3) is 0 Å². The molecule has 2 nitrogen and oxygen atoms in total. The summed E-state index contributed by atoms with van der Waals surface area (Å²) < 4.78 is 13.7. The maximum Gasteiger partial charge on any atom is 0.131 e. The lowest BCUT2D eigenvalue weighted by Crippen LogP contribution is -2.50. The molecule has 0 aliphatic heterocycles. The Balaban J connectivity index is 1.41. The van der Waals surface area contributed by atoms with Gasteiger partial charge in [-0.15, -0.1) is 0 Å². The van der Waals surface area contributed by atoms with Crippen molar-refractivity contribution in [3.05, 3.63) is 29.6 Å². The van der Waals surface area contributed by atoms with Gasteiger partial charge in [0.2, 0.25) is 0 Å². The fourth-order valence-electron chi connectivity index (χ4n) is 5.68. The average Bonchev–Trinajstić information content (AvgIpc) is 2.40. The van der Waals surface area contributed by atoms with Crippen LogP contribution in [-0.4, -0.2) is 11.7 Å². The molecule has 4 aliphatic carbocycles. The van der Waals surface area contributed by atoms with Gasteiger partial charge >= 0.3 is 0 Å². The van der Waals surface area contributed by atoms with Crippen LogP contribution in [0.25, 0.3) is 0 Å². The Morgan fingerprint density at radius 2 is 1.71 bits per heavy atom. The van der Waals surface area contributed by atoms with Crippen LogP contribution in [0.1, 0.15) is 44.1 Å². The molecule has 4 saturated carbocycles. The van der Waals surface area contributed by atoms with Crippen molar-refractivity contribution in [2.75, 3.05) is 6.54 Å². The molecular weight excluding hydrogens is 265 g/mol. The molecule has 0 heterocycles. The molecule has 1 aromatic rings. The Morgan fingerprint density at radius 3 is 2.29 bits per heavy atom. The second kappa shape index (κ2) is 4.98. The molecular formula is C18H24FNO. The van der Waals surface area contributed by atoms with Crippen LogP contribution in [0, 0.1) is 29.0 Å². The zero-order valence-electron chi connectivity index (χ0n) is 12.4. The van der Waals surface area contributed by atoms with E-state index < -0.39 is 0 Å². The molecule has 0 spiro atoms. The number of nitrogens with one attached hydrogen (secondary N) is 1. The molecule has 21 heavy (non-hydrogen) atoms. The molecule has 4 fully saturated rings. The monoisotopic (exact) mass is 289 g/mol. The number of rotatable bonds is 4. The molecule has 2 N–H and O–H groups in total. The summed E-state index contributed by atoms with van der Waals surface area (Å²) in [6.45, 7) is 1.41. The summed E-state index contributed by atoms with van der Waals surface area (Å²) in [5.41, 5.74) is 0.859. The van der Waals surface area contributed by atoms with Crippen molar-refractivity contribution < 1.29 is 9.50 Å². The molecule has 0 saturated heterocycles. The largest absolute Gasteiger partial charge is 0.508 e. The number of benzene rings is 1. The third kappa shape index (κ3) is 2.46. The van der Waals surface area contributed by atoms with Crippen LogP contribution in [-0.2, 0) is 6.54 Å². The second-order valence-corrected chi connectivity index (χ2v) is 7.76. The lowest BCUT2D eigenvalue weighted by Gasteiger charge is -2.57. The number of hydrogen-bond acceptors (Lipinski definition) is 2.